The summed E-state index contributed by atoms with van der Waals surface area (Å²) in [7, 11) is 0. The zero-order valence-corrected chi connectivity index (χ0v) is 15.6. The second-order valence-electron chi connectivity index (χ2n) is 6.63. The monoisotopic (exact) mass is 379 g/mol. The number of nitrogens with zero attached hydrogens (tertiary/aromatic N) is 2. The highest BCUT2D eigenvalue weighted by Crippen LogP contribution is 2.32. The standard InChI is InChI=1S/C21H21N3O4/c1-14-23-20(24-28-14)13-27-17-6-4-5-15(11-17)21(25)22-12-16-9-10-26-19-8-3-2-7-18(16)19/h2-8,11,16H,9-10,12-13H2,1H3,(H,22,25). The van der Waals surface area contributed by atoms with Crippen molar-refractivity contribution in [1.29, 1.82) is 0 Å². The number of nitrogens with one attached hydrogen (secondary N) is 1. The normalized spacial score (nSPS) is 15.4. The van der Waals surface area contributed by atoms with Gasteiger partial charge in [-0.1, -0.05) is 29.4 Å². The van der Waals surface area contributed by atoms with E-state index in [1.54, 1.807) is 31.2 Å². The molecule has 1 aliphatic heterocycles. The van der Waals surface area contributed by atoms with Crippen molar-refractivity contribution >= 4 is 5.91 Å². The number of rotatable bonds is 6. The number of hydrogen-bond donors (Lipinski definition) is 1. The SMILES string of the molecule is Cc1nc(COc2cccc(C(=O)NCC3CCOc4ccccc43)c2)no1. The fourth-order valence-electron chi connectivity index (χ4n) is 3.22. The van der Waals surface area contributed by atoms with Crippen LogP contribution in [0.4, 0.5) is 0 Å². The number of aryl methyl sites for hydroxylation is 1. The smallest absolute Gasteiger partial charge is 0.251 e. The average molecular weight is 379 g/mol. The van der Waals surface area contributed by atoms with Gasteiger partial charge in [0.25, 0.3) is 5.91 Å². The molecular weight excluding hydrogens is 358 g/mol. The molecule has 3 aromatic rings. The van der Waals surface area contributed by atoms with Crippen molar-refractivity contribution in [2.75, 3.05) is 13.2 Å². The molecule has 0 fully saturated rings. The van der Waals surface area contributed by atoms with Crippen LogP contribution in [0.25, 0.3) is 0 Å². The van der Waals surface area contributed by atoms with Crippen molar-refractivity contribution in [1.82, 2.24) is 15.5 Å². The zero-order chi connectivity index (χ0) is 19.3. The highest BCUT2D eigenvalue weighted by molar-refractivity contribution is 5.94. The molecule has 1 N–H and O–H groups in total. The molecule has 0 aliphatic carbocycles. The lowest BCUT2D eigenvalue weighted by Crippen LogP contribution is -2.30. The van der Waals surface area contributed by atoms with Crippen LogP contribution in [0.1, 0.15) is 40.0 Å². The first-order valence-corrected chi connectivity index (χ1v) is 9.21. The maximum atomic E-state index is 12.6. The van der Waals surface area contributed by atoms with E-state index in [-0.39, 0.29) is 18.4 Å². The molecule has 0 saturated carbocycles. The average Bonchev–Trinajstić information content (AvgIpc) is 3.16. The molecule has 1 aromatic heterocycles. The van der Waals surface area contributed by atoms with Gasteiger partial charge in [-0.25, -0.2) is 0 Å². The minimum absolute atomic E-state index is 0.134. The third kappa shape index (κ3) is 4.14. The number of carbonyl (C=O) groups is 1. The van der Waals surface area contributed by atoms with Crippen LogP contribution in [0, 0.1) is 6.92 Å². The Morgan fingerprint density at radius 2 is 2.14 bits per heavy atom. The van der Waals surface area contributed by atoms with Gasteiger partial charge in [-0.3, -0.25) is 4.79 Å². The number of fused-ring (bicyclic) bond motifs is 1. The van der Waals surface area contributed by atoms with Gasteiger partial charge in [0.15, 0.2) is 6.61 Å². The van der Waals surface area contributed by atoms with Crippen molar-refractivity contribution in [3.8, 4) is 11.5 Å². The Labute approximate surface area is 162 Å². The van der Waals surface area contributed by atoms with Crippen LogP contribution in [0.15, 0.2) is 53.1 Å². The molecule has 2 heterocycles. The number of ether oxygens (including phenoxy) is 2. The predicted octanol–water partition coefficient (Wildman–Crippen LogP) is 3.25. The van der Waals surface area contributed by atoms with E-state index in [2.05, 4.69) is 21.5 Å². The lowest BCUT2D eigenvalue weighted by Gasteiger charge is -2.26. The third-order valence-corrected chi connectivity index (χ3v) is 4.63. The minimum Gasteiger partial charge on any atom is -0.493 e. The Morgan fingerprint density at radius 3 is 3.00 bits per heavy atom. The van der Waals surface area contributed by atoms with Crippen LogP contribution in [0.3, 0.4) is 0 Å². The molecule has 0 radical (unpaired) electrons. The molecular formula is C21H21N3O4. The van der Waals surface area contributed by atoms with E-state index in [1.807, 2.05) is 18.2 Å². The summed E-state index contributed by atoms with van der Waals surface area (Å²) in [5.41, 5.74) is 1.68. The van der Waals surface area contributed by atoms with E-state index in [0.717, 1.165) is 17.7 Å². The second kappa shape index (κ2) is 8.12. The Hall–Kier alpha value is -3.35. The molecule has 7 heteroatoms. The van der Waals surface area contributed by atoms with Crippen LogP contribution in [0.2, 0.25) is 0 Å². The quantitative estimate of drug-likeness (QED) is 0.707. The van der Waals surface area contributed by atoms with Crippen LogP contribution >= 0.6 is 0 Å². The molecule has 144 valence electrons. The van der Waals surface area contributed by atoms with Crippen molar-refractivity contribution < 1.29 is 18.8 Å². The Bertz CT molecular complexity index is 970. The third-order valence-electron chi connectivity index (χ3n) is 4.63. The Balaban J connectivity index is 1.36. The summed E-state index contributed by atoms with van der Waals surface area (Å²) in [6.45, 7) is 3.13. The molecule has 1 amide bonds. The van der Waals surface area contributed by atoms with Crippen molar-refractivity contribution in [2.24, 2.45) is 0 Å². The van der Waals surface area contributed by atoms with E-state index in [9.17, 15) is 4.79 Å². The zero-order valence-electron chi connectivity index (χ0n) is 15.6. The highest BCUT2D eigenvalue weighted by Gasteiger charge is 2.21. The van der Waals surface area contributed by atoms with E-state index in [4.69, 9.17) is 14.0 Å². The summed E-state index contributed by atoms with van der Waals surface area (Å²) in [6.07, 6.45) is 0.880. The van der Waals surface area contributed by atoms with Gasteiger partial charge in [0, 0.05) is 24.9 Å². The van der Waals surface area contributed by atoms with E-state index in [1.165, 1.54) is 0 Å². The van der Waals surface area contributed by atoms with Gasteiger partial charge in [-0.05, 0) is 36.2 Å². The van der Waals surface area contributed by atoms with E-state index >= 15 is 0 Å². The maximum absolute atomic E-state index is 12.6. The number of hydrogen-bond acceptors (Lipinski definition) is 6. The summed E-state index contributed by atoms with van der Waals surface area (Å²) in [4.78, 5) is 16.7. The fraction of sp³-hybridized carbons (Fsp3) is 0.286. The first kappa shape index (κ1) is 18.0. The number of carbonyl (C=O) groups excluding carboxylic acids is 1. The van der Waals surface area contributed by atoms with Gasteiger partial charge in [-0.2, -0.15) is 4.98 Å². The molecule has 7 nitrogen and oxygen atoms in total. The van der Waals surface area contributed by atoms with Gasteiger partial charge in [0.2, 0.25) is 11.7 Å². The fourth-order valence-corrected chi connectivity index (χ4v) is 3.22. The largest absolute Gasteiger partial charge is 0.493 e. The summed E-state index contributed by atoms with van der Waals surface area (Å²) >= 11 is 0. The molecule has 0 spiro atoms. The Morgan fingerprint density at radius 1 is 1.25 bits per heavy atom. The molecule has 28 heavy (non-hydrogen) atoms. The Kier molecular flexibility index (Phi) is 5.23. The number of benzene rings is 2. The summed E-state index contributed by atoms with van der Waals surface area (Å²) in [6, 6.07) is 15.0. The summed E-state index contributed by atoms with van der Waals surface area (Å²) < 4.78 is 16.3. The first-order chi connectivity index (χ1) is 13.7. The van der Waals surface area contributed by atoms with Gasteiger partial charge in [0.1, 0.15) is 11.5 Å². The van der Waals surface area contributed by atoms with Gasteiger partial charge in [0.05, 0.1) is 6.61 Å². The lowest BCUT2D eigenvalue weighted by atomic mass is 9.93. The lowest BCUT2D eigenvalue weighted by molar-refractivity contribution is 0.0947. The van der Waals surface area contributed by atoms with Crippen molar-refractivity contribution in [3.63, 3.8) is 0 Å². The molecule has 2 aromatic carbocycles. The van der Waals surface area contributed by atoms with Crippen LogP contribution in [-0.4, -0.2) is 29.2 Å². The van der Waals surface area contributed by atoms with Gasteiger partial charge < -0.3 is 19.3 Å². The molecule has 0 saturated heterocycles. The first-order valence-electron chi connectivity index (χ1n) is 9.21. The molecule has 1 unspecified atom stereocenters. The van der Waals surface area contributed by atoms with Crippen molar-refractivity contribution in [2.45, 2.75) is 25.9 Å². The van der Waals surface area contributed by atoms with Gasteiger partial charge in [-0.15, -0.1) is 0 Å². The second-order valence-corrected chi connectivity index (χ2v) is 6.63. The number of para-hydroxylation sites is 1. The predicted molar refractivity (Wildman–Crippen MR) is 101 cm³/mol. The maximum Gasteiger partial charge on any atom is 0.251 e. The highest BCUT2D eigenvalue weighted by atomic mass is 16.5. The summed E-state index contributed by atoms with van der Waals surface area (Å²) in [5.74, 6) is 2.54. The van der Waals surface area contributed by atoms with Crippen LogP contribution < -0.4 is 14.8 Å². The summed E-state index contributed by atoms with van der Waals surface area (Å²) in [5, 5.41) is 6.81. The topological polar surface area (TPSA) is 86.5 Å². The van der Waals surface area contributed by atoms with Crippen molar-refractivity contribution in [3.05, 3.63) is 71.4 Å². The van der Waals surface area contributed by atoms with Crippen LogP contribution in [0.5, 0.6) is 11.5 Å². The van der Waals surface area contributed by atoms with E-state index < -0.39 is 0 Å². The minimum atomic E-state index is -0.134. The number of aromatic nitrogens is 2. The molecule has 4 rings (SSSR count). The van der Waals surface area contributed by atoms with Crippen LogP contribution in [-0.2, 0) is 6.61 Å². The molecule has 1 atom stereocenters. The number of amides is 1. The van der Waals surface area contributed by atoms with Gasteiger partial charge >= 0.3 is 0 Å². The van der Waals surface area contributed by atoms with E-state index in [0.29, 0.717) is 36.2 Å². The molecule has 1 aliphatic rings. The molecule has 0 bridgehead atoms.